The van der Waals surface area contributed by atoms with Gasteiger partial charge in [-0.25, -0.2) is 4.39 Å². The molecule has 19 heavy (non-hydrogen) atoms. The second-order valence-electron chi connectivity index (χ2n) is 4.28. The molecule has 0 radical (unpaired) electrons. The largest absolute Gasteiger partial charge is 0.394 e. The molecular formula is C12H17FN2O4. The second kappa shape index (κ2) is 6.58. The predicted octanol–water partition coefficient (Wildman–Crippen LogP) is -1.27. The molecule has 1 rings (SSSR count). The van der Waals surface area contributed by atoms with E-state index in [1.165, 1.54) is 12.1 Å². The summed E-state index contributed by atoms with van der Waals surface area (Å²) < 4.78 is 13.7. The summed E-state index contributed by atoms with van der Waals surface area (Å²) in [7, 11) is 0. The third kappa shape index (κ3) is 3.71. The normalized spacial score (nSPS) is 11.6. The molecule has 1 aromatic rings. The standard InChI is InChI=1S/C12H17FN2O4/c13-10-3-8(11(14)19)1-2-9(10)4-15-12(5-16,6-17)7-18/h1-3,15-18H,4-7H2,(H2,14,19). The molecule has 0 unspecified atom stereocenters. The Bertz CT molecular complexity index is 441. The molecule has 0 fully saturated rings. The Morgan fingerprint density at radius 1 is 1.26 bits per heavy atom. The number of rotatable bonds is 7. The van der Waals surface area contributed by atoms with Crippen LogP contribution in [0.2, 0.25) is 0 Å². The van der Waals surface area contributed by atoms with E-state index < -0.39 is 37.1 Å². The Balaban J connectivity index is 2.80. The predicted molar refractivity (Wildman–Crippen MR) is 65.7 cm³/mol. The number of aliphatic hydroxyl groups excluding tert-OH is 3. The molecule has 0 aliphatic carbocycles. The Labute approximate surface area is 109 Å². The van der Waals surface area contributed by atoms with Crippen molar-refractivity contribution in [2.45, 2.75) is 12.1 Å². The number of benzene rings is 1. The number of carbonyl (C=O) groups is 1. The number of amides is 1. The van der Waals surface area contributed by atoms with Gasteiger partial charge in [0.15, 0.2) is 0 Å². The molecule has 106 valence electrons. The first-order chi connectivity index (χ1) is 8.98. The average Bonchev–Trinajstić information content (AvgIpc) is 2.42. The van der Waals surface area contributed by atoms with Crippen molar-refractivity contribution in [1.29, 1.82) is 0 Å². The van der Waals surface area contributed by atoms with Crippen LogP contribution in [0.15, 0.2) is 18.2 Å². The van der Waals surface area contributed by atoms with E-state index in [1.807, 2.05) is 0 Å². The van der Waals surface area contributed by atoms with E-state index in [9.17, 15) is 9.18 Å². The molecule has 0 heterocycles. The zero-order valence-corrected chi connectivity index (χ0v) is 10.3. The zero-order valence-electron chi connectivity index (χ0n) is 10.3. The number of nitrogens with one attached hydrogen (secondary N) is 1. The molecule has 1 amide bonds. The van der Waals surface area contributed by atoms with E-state index in [4.69, 9.17) is 21.1 Å². The number of halogens is 1. The van der Waals surface area contributed by atoms with E-state index in [0.717, 1.165) is 6.07 Å². The van der Waals surface area contributed by atoms with Crippen molar-refractivity contribution in [3.63, 3.8) is 0 Å². The van der Waals surface area contributed by atoms with Gasteiger partial charge in [-0.05, 0) is 12.1 Å². The van der Waals surface area contributed by atoms with Gasteiger partial charge in [0, 0.05) is 17.7 Å². The maximum atomic E-state index is 13.7. The van der Waals surface area contributed by atoms with Crippen molar-refractivity contribution >= 4 is 5.91 Å². The number of nitrogens with two attached hydrogens (primary N) is 1. The minimum atomic E-state index is -1.28. The van der Waals surface area contributed by atoms with Crippen LogP contribution in [0.5, 0.6) is 0 Å². The molecule has 0 saturated heterocycles. The summed E-state index contributed by atoms with van der Waals surface area (Å²) in [5.41, 5.74) is 4.02. The van der Waals surface area contributed by atoms with Gasteiger partial charge in [0.25, 0.3) is 0 Å². The Morgan fingerprint density at radius 3 is 2.26 bits per heavy atom. The maximum Gasteiger partial charge on any atom is 0.248 e. The molecule has 6 nitrogen and oxygen atoms in total. The van der Waals surface area contributed by atoms with Gasteiger partial charge in [-0.15, -0.1) is 0 Å². The first kappa shape index (κ1) is 15.5. The van der Waals surface area contributed by atoms with Crippen molar-refractivity contribution in [3.8, 4) is 0 Å². The van der Waals surface area contributed by atoms with Crippen molar-refractivity contribution in [1.82, 2.24) is 5.32 Å². The van der Waals surface area contributed by atoms with Crippen LogP contribution in [-0.4, -0.2) is 46.6 Å². The molecule has 0 aromatic heterocycles. The molecule has 7 heteroatoms. The summed E-state index contributed by atoms with van der Waals surface area (Å²) in [6, 6.07) is 3.76. The Hall–Kier alpha value is -1.54. The van der Waals surface area contributed by atoms with E-state index in [2.05, 4.69) is 5.32 Å². The summed E-state index contributed by atoms with van der Waals surface area (Å²) in [6.07, 6.45) is 0. The summed E-state index contributed by atoms with van der Waals surface area (Å²) in [4.78, 5) is 10.9. The lowest BCUT2D eigenvalue weighted by molar-refractivity contribution is 0.0412. The number of hydrogen-bond acceptors (Lipinski definition) is 5. The summed E-state index contributed by atoms with van der Waals surface area (Å²) >= 11 is 0. The lowest BCUT2D eigenvalue weighted by Gasteiger charge is -2.28. The second-order valence-corrected chi connectivity index (χ2v) is 4.28. The number of aliphatic hydroxyl groups is 3. The monoisotopic (exact) mass is 272 g/mol. The fourth-order valence-electron chi connectivity index (χ4n) is 1.44. The fourth-order valence-corrected chi connectivity index (χ4v) is 1.44. The Kier molecular flexibility index (Phi) is 5.37. The van der Waals surface area contributed by atoms with Gasteiger partial charge in [-0.2, -0.15) is 0 Å². The Morgan fingerprint density at radius 2 is 1.84 bits per heavy atom. The van der Waals surface area contributed by atoms with Crippen molar-refractivity contribution in [2.75, 3.05) is 19.8 Å². The quantitative estimate of drug-likeness (QED) is 0.424. The number of carbonyl (C=O) groups excluding carboxylic acids is 1. The molecular weight excluding hydrogens is 255 g/mol. The molecule has 0 saturated carbocycles. The third-order valence-electron chi connectivity index (χ3n) is 2.90. The van der Waals surface area contributed by atoms with Gasteiger partial charge in [0.2, 0.25) is 5.91 Å². The highest BCUT2D eigenvalue weighted by Crippen LogP contribution is 2.12. The van der Waals surface area contributed by atoms with Gasteiger partial charge in [0.05, 0.1) is 25.4 Å². The van der Waals surface area contributed by atoms with Crippen LogP contribution in [0.4, 0.5) is 4.39 Å². The van der Waals surface area contributed by atoms with Crippen LogP contribution in [0.1, 0.15) is 15.9 Å². The molecule has 0 aliphatic heterocycles. The van der Waals surface area contributed by atoms with Crippen LogP contribution in [0.25, 0.3) is 0 Å². The molecule has 6 N–H and O–H groups in total. The molecule has 0 atom stereocenters. The van der Waals surface area contributed by atoms with Crippen LogP contribution in [0.3, 0.4) is 0 Å². The molecule has 1 aromatic carbocycles. The van der Waals surface area contributed by atoms with Gasteiger partial charge < -0.3 is 26.4 Å². The lowest BCUT2D eigenvalue weighted by Crippen LogP contribution is -2.54. The minimum Gasteiger partial charge on any atom is -0.394 e. The van der Waals surface area contributed by atoms with Crippen LogP contribution < -0.4 is 11.1 Å². The topological polar surface area (TPSA) is 116 Å². The maximum absolute atomic E-state index is 13.7. The van der Waals surface area contributed by atoms with Crippen LogP contribution in [-0.2, 0) is 6.54 Å². The van der Waals surface area contributed by atoms with Gasteiger partial charge in [-0.1, -0.05) is 6.07 Å². The smallest absolute Gasteiger partial charge is 0.248 e. The minimum absolute atomic E-state index is 0.0213. The van der Waals surface area contributed by atoms with Gasteiger partial charge in [0.1, 0.15) is 5.82 Å². The van der Waals surface area contributed by atoms with Gasteiger partial charge >= 0.3 is 0 Å². The molecule has 0 spiro atoms. The highest BCUT2D eigenvalue weighted by molar-refractivity contribution is 5.92. The van der Waals surface area contributed by atoms with E-state index in [0.29, 0.717) is 0 Å². The van der Waals surface area contributed by atoms with E-state index in [-0.39, 0.29) is 17.7 Å². The zero-order chi connectivity index (χ0) is 14.5. The number of primary amides is 1. The van der Waals surface area contributed by atoms with Gasteiger partial charge in [-0.3, -0.25) is 4.79 Å². The third-order valence-corrected chi connectivity index (χ3v) is 2.90. The van der Waals surface area contributed by atoms with Crippen molar-refractivity contribution in [2.24, 2.45) is 5.73 Å². The average molecular weight is 272 g/mol. The summed E-state index contributed by atoms with van der Waals surface area (Å²) in [5.74, 6) is -1.36. The molecule has 0 bridgehead atoms. The van der Waals surface area contributed by atoms with E-state index >= 15 is 0 Å². The van der Waals surface area contributed by atoms with E-state index in [1.54, 1.807) is 0 Å². The SMILES string of the molecule is NC(=O)c1ccc(CNC(CO)(CO)CO)c(F)c1. The molecule has 0 aliphatic rings. The summed E-state index contributed by atoms with van der Waals surface area (Å²) in [6.45, 7) is -1.52. The first-order valence-corrected chi connectivity index (χ1v) is 5.64. The first-order valence-electron chi connectivity index (χ1n) is 5.64. The van der Waals surface area contributed by atoms with Crippen molar-refractivity contribution in [3.05, 3.63) is 35.1 Å². The van der Waals surface area contributed by atoms with Crippen molar-refractivity contribution < 1.29 is 24.5 Å². The summed E-state index contributed by atoms with van der Waals surface area (Å²) in [5, 5.41) is 30.0. The number of hydrogen-bond donors (Lipinski definition) is 5. The lowest BCUT2D eigenvalue weighted by atomic mass is 10.0. The van der Waals surface area contributed by atoms with Crippen LogP contribution >= 0.6 is 0 Å². The highest BCUT2D eigenvalue weighted by atomic mass is 19.1. The fraction of sp³-hybridized carbons (Fsp3) is 0.417. The highest BCUT2D eigenvalue weighted by Gasteiger charge is 2.27. The van der Waals surface area contributed by atoms with Crippen LogP contribution in [0, 0.1) is 5.82 Å².